The predicted octanol–water partition coefficient (Wildman–Crippen LogP) is 2.28. The van der Waals surface area contributed by atoms with Gasteiger partial charge in [0.25, 0.3) is 0 Å². The summed E-state index contributed by atoms with van der Waals surface area (Å²) < 4.78 is 9.29. The van der Waals surface area contributed by atoms with E-state index in [0.29, 0.717) is 26.1 Å². The van der Waals surface area contributed by atoms with Crippen LogP contribution < -0.4 is 0 Å². The molecule has 0 radical (unpaired) electrons. The molecule has 4 nitrogen and oxygen atoms in total. The van der Waals surface area contributed by atoms with Gasteiger partial charge in [-0.3, -0.25) is 0 Å². The summed E-state index contributed by atoms with van der Waals surface area (Å²) in [5.41, 5.74) is 0. The Kier molecular flexibility index (Phi) is 23.9. The van der Waals surface area contributed by atoms with Crippen molar-refractivity contribution in [1.82, 2.24) is 0 Å². The molecule has 0 aromatic heterocycles. The minimum Gasteiger partial charge on any atom is -0.465 e. The monoisotopic (exact) mass is 278 g/mol. The van der Waals surface area contributed by atoms with Crippen LogP contribution in [-0.4, -0.2) is 48.2 Å². The van der Waals surface area contributed by atoms with Crippen molar-refractivity contribution in [2.75, 3.05) is 13.2 Å². The van der Waals surface area contributed by atoms with Crippen LogP contribution in [0.1, 0.15) is 26.7 Å². The van der Waals surface area contributed by atoms with E-state index in [2.05, 4.69) is 23.3 Å². The molecule has 104 valence electrons. The molecule has 19 heavy (non-hydrogen) atoms. The molecule has 0 spiro atoms. The number of carbonyl (C=O) groups excluding carboxylic acids is 2. The third-order valence-electron chi connectivity index (χ3n) is 1.38. The first-order chi connectivity index (χ1) is 8.62. The Morgan fingerprint density at radius 3 is 1.42 bits per heavy atom. The third-order valence-corrected chi connectivity index (χ3v) is 1.38. The Balaban J connectivity index is -0.000000256. The molecular weight excluding hydrogens is 256 g/mol. The standard InChI is InChI=1S/2C7H11O2.Mg/c2*1-3-5-7(8)9-6-4-2;/h2*3,5H,2,4,6H2,1H3;/q2*-1;+2. The smallest absolute Gasteiger partial charge is 0.465 e. The van der Waals surface area contributed by atoms with Crippen LogP contribution in [0, 0.1) is 13.8 Å². The van der Waals surface area contributed by atoms with Crippen molar-refractivity contribution < 1.29 is 19.1 Å². The molecule has 0 saturated carbocycles. The van der Waals surface area contributed by atoms with Crippen LogP contribution >= 0.6 is 0 Å². The molecule has 0 aliphatic carbocycles. The van der Waals surface area contributed by atoms with E-state index in [0.717, 1.165) is 0 Å². The molecule has 0 fully saturated rings. The average Bonchev–Trinajstić information content (AvgIpc) is 2.35. The van der Waals surface area contributed by atoms with E-state index in [-0.39, 0.29) is 35.0 Å². The van der Waals surface area contributed by atoms with E-state index < -0.39 is 0 Å². The molecule has 0 rings (SSSR count). The molecule has 0 atom stereocenters. The fraction of sp³-hybridized carbons (Fsp3) is 0.429. The van der Waals surface area contributed by atoms with Crippen LogP contribution in [0.2, 0.25) is 0 Å². The van der Waals surface area contributed by atoms with Crippen molar-refractivity contribution >= 4 is 35.0 Å². The summed E-state index contributed by atoms with van der Waals surface area (Å²) in [5.74, 6) is -0.581. The fourth-order valence-electron chi connectivity index (χ4n) is 0.714. The second-order valence-corrected chi connectivity index (χ2v) is 3.04. The van der Waals surface area contributed by atoms with Crippen molar-refractivity contribution in [3.63, 3.8) is 0 Å². The van der Waals surface area contributed by atoms with E-state index in [9.17, 15) is 9.59 Å². The molecule has 5 heteroatoms. The zero-order valence-corrected chi connectivity index (χ0v) is 13.3. The van der Waals surface area contributed by atoms with Crippen LogP contribution in [-0.2, 0) is 19.1 Å². The van der Waals surface area contributed by atoms with E-state index >= 15 is 0 Å². The maximum Gasteiger partial charge on any atom is 2.00 e. The molecule has 0 aliphatic rings. The summed E-state index contributed by atoms with van der Waals surface area (Å²) in [6.45, 7) is 11.4. The summed E-state index contributed by atoms with van der Waals surface area (Å²) in [6.07, 6.45) is 7.31. The Morgan fingerprint density at radius 1 is 0.895 bits per heavy atom. The average molecular weight is 279 g/mol. The van der Waals surface area contributed by atoms with E-state index in [1.807, 2.05) is 0 Å². The third kappa shape index (κ3) is 22.8. The van der Waals surface area contributed by atoms with Gasteiger partial charge in [0, 0.05) is 12.2 Å². The van der Waals surface area contributed by atoms with Gasteiger partial charge in [-0.25, -0.2) is 9.59 Å². The van der Waals surface area contributed by atoms with E-state index in [4.69, 9.17) is 0 Å². The van der Waals surface area contributed by atoms with Crippen molar-refractivity contribution in [2.45, 2.75) is 26.7 Å². The quantitative estimate of drug-likeness (QED) is 0.324. The number of esters is 2. The number of hydrogen-bond donors (Lipinski definition) is 0. The van der Waals surface area contributed by atoms with Crippen LogP contribution in [0.5, 0.6) is 0 Å². The number of rotatable bonds is 6. The largest absolute Gasteiger partial charge is 2.00 e. The second-order valence-electron chi connectivity index (χ2n) is 3.04. The van der Waals surface area contributed by atoms with Gasteiger partial charge < -0.3 is 23.3 Å². The SMILES string of the molecule is [CH2-]CCOC(=O)C=CC.[CH2-]CCOC(=O)C=CC.[Mg+2]. The molecule has 0 aromatic carbocycles. The van der Waals surface area contributed by atoms with Gasteiger partial charge in [0.15, 0.2) is 0 Å². The maximum absolute atomic E-state index is 10.5. The molecule has 0 N–H and O–H groups in total. The molecule has 0 heterocycles. The predicted molar refractivity (Wildman–Crippen MR) is 77.2 cm³/mol. The molecule has 0 saturated heterocycles. The number of hydrogen-bond acceptors (Lipinski definition) is 4. The molecule has 0 amide bonds. The van der Waals surface area contributed by atoms with Crippen molar-refractivity contribution in [3.05, 3.63) is 38.2 Å². The topological polar surface area (TPSA) is 52.6 Å². The van der Waals surface area contributed by atoms with Gasteiger partial charge in [-0.2, -0.15) is 0 Å². The first-order valence-electron chi connectivity index (χ1n) is 5.79. The Bertz CT molecular complexity index is 245. The van der Waals surface area contributed by atoms with Crippen LogP contribution in [0.25, 0.3) is 0 Å². The van der Waals surface area contributed by atoms with Gasteiger partial charge in [0.2, 0.25) is 0 Å². The molecule has 0 aliphatic heterocycles. The summed E-state index contributed by atoms with van der Waals surface area (Å²) in [4.78, 5) is 20.9. The zero-order chi connectivity index (χ0) is 14.2. The van der Waals surface area contributed by atoms with E-state index in [1.165, 1.54) is 12.2 Å². The van der Waals surface area contributed by atoms with Crippen LogP contribution in [0.3, 0.4) is 0 Å². The van der Waals surface area contributed by atoms with Gasteiger partial charge in [0.1, 0.15) is 0 Å². The normalized spacial score (nSPS) is 9.47. The van der Waals surface area contributed by atoms with Crippen molar-refractivity contribution in [1.29, 1.82) is 0 Å². The molecule has 0 unspecified atom stereocenters. The zero-order valence-electron chi connectivity index (χ0n) is 11.9. The minimum absolute atomic E-state index is 0. The van der Waals surface area contributed by atoms with Gasteiger partial charge in [-0.15, -0.1) is 12.8 Å². The van der Waals surface area contributed by atoms with Gasteiger partial charge in [-0.05, 0) is 13.8 Å². The molecule has 0 bridgehead atoms. The van der Waals surface area contributed by atoms with Crippen LogP contribution in [0.15, 0.2) is 24.3 Å². The Labute approximate surface area is 132 Å². The van der Waals surface area contributed by atoms with Gasteiger partial charge >= 0.3 is 35.0 Å². The van der Waals surface area contributed by atoms with Gasteiger partial charge in [0.05, 0.1) is 13.2 Å². The fourth-order valence-corrected chi connectivity index (χ4v) is 0.714. The summed E-state index contributed by atoms with van der Waals surface area (Å²) in [7, 11) is 0. The number of ether oxygens (including phenoxy) is 2. The summed E-state index contributed by atoms with van der Waals surface area (Å²) in [5, 5.41) is 0. The first kappa shape index (κ1) is 23.3. The maximum atomic E-state index is 10.5. The number of allylic oxidation sites excluding steroid dienone is 2. The Morgan fingerprint density at radius 2 is 1.21 bits per heavy atom. The number of carbonyl (C=O) groups is 2. The van der Waals surface area contributed by atoms with Gasteiger partial charge in [-0.1, -0.05) is 12.2 Å². The second kappa shape index (κ2) is 19.5. The van der Waals surface area contributed by atoms with E-state index in [1.54, 1.807) is 26.0 Å². The molecular formula is C14H22MgO4. The first-order valence-corrected chi connectivity index (χ1v) is 5.79. The Hall–Kier alpha value is -0.814. The summed E-state index contributed by atoms with van der Waals surface area (Å²) >= 11 is 0. The summed E-state index contributed by atoms with van der Waals surface area (Å²) in [6, 6.07) is 0. The van der Waals surface area contributed by atoms with Crippen molar-refractivity contribution in [3.8, 4) is 0 Å². The van der Waals surface area contributed by atoms with Crippen LogP contribution in [0.4, 0.5) is 0 Å². The minimum atomic E-state index is -0.291. The molecule has 0 aromatic rings. The van der Waals surface area contributed by atoms with Crippen molar-refractivity contribution in [2.24, 2.45) is 0 Å².